The van der Waals surface area contributed by atoms with Crippen molar-refractivity contribution in [2.45, 2.75) is 26.4 Å². The zero-order chi connectivity index (χ0) is 15.9. The van der Waals surface area contributed by atoms with Crippen LogP contribution in [0.25, 0.3) is 0 Å². The van der Waals surface area contributed by atoms with Gasteiger partial charge in [-0.3, -0.25) is 4.79 Å². The number of methoxy groups -OCH3 is 1. The van der Waals surface area contributed by atoms with Gasteiger partial charge < -0.3 is 15.2 Å². The zero-order valence-electron chi connectivity index (χ0n) is 12.9. The second-order valence-electron chi connectivity index (χ2n) is 5.08. The minimum atomic E-state index is -0.134. The molecule has 1 amide bonds. The molecule has 0 aliphatic heterocycles. The van der Waals surface area contributed by atoms with Crippen LogP contribution >= 0.6 is 0 Å². The number of aliphatic hydroxyl groups is 1. The molecule has 22 heavy (non-hydrogen) atoms. The summed E-state index contributed by atoms with van der Waals surface area (Å²) < 4.78 is 5.14. The van der Waals surface area contributed by atoms with Crippen LogP contribution in [0, 0.1) is 0 Å². The van der Waals surface area contributed by atoms with Gasteiger partial charge in [0.2, 0.25) is 5.91 Å². The molecule has 4 nitrogen and oxygen atoms in total. The SMILES string of the molecule is CCc1cccc(CC(=O)Nc2ccc(OC)c(CO)c2)c1. The third-order valence-electron chi connectivity index (χ3n) is 3.50. The molecule has 0 fully saturated rings. The molecule has 2 aromatic rings. The lowest BCUT2D eigenvalue weighted by Crippen LogP contribution is -2.14. The van der Waals surface area contributed by atoms with E-state index in [-0.39, 0.29) is 12.5 Å². The Balaban J connectivity index is 2.05. The van der Waals surface area contributed by atoms with Gasteiger partial charge in [-0.1, -0.05) is 31.2 Å². The Kier molecular flexibility index (Phi) is 5.55. The molecule has 2 aromatic carbocycles. The van der Waals surface area contributed by atoms with Crippen molar-refractivity contribution in [3.63, 3.8) is 0 Å². The molecule has 116 valence electrons. The van der Waals surface area contributed by atoms with Gasteiger partial charge in [0.1, 0.15) is 5.75 Å². The van der Waals surface area contributed by atoms with E-state index >= 15 is 0 Å². The highest BCUT2D eigenvalue weighted by molar-refractivity contribution is 5.92. The summed E-state index contributed by atoms with van der Waals surface area (Å²) >= 11 is 0. The van der Waals surface area contributed by atoms with Crippen LogP contribution in [-0.2, 0) is 24.2 Å². The van der Waals surface area contributed by atoms with Crippen molar-refractivity contribution in [1.29, 1.82) is 0 Å². The quantitative estimate of drug-likeness (QED) is 0.862. The van der Waals surface area contributed by atoms with E-state index in [0.29, 0.717) is 23.4 Å². The average molecular weight is 299 g/mol. The van der Waals surface area contributed by atoms with E-state index in [0.717, 1.165) is 12.0 Å². The van der Waals surface area contributed by atoms with Gasteiger partial charge in [0, 0.05) is 11.3 Å². The van der Waals surface area contributed by atoms with Crippen molar-refractivity contribution >= 4 is 11.6 Å². The standard InChI is InChI=1S/C18H21NO3/c1-3-13-5-4-6-14(9-13)10-18(21)19-16-7-8-17(22-2)15(11-16)12-20/h4-9,11,20H,3,10,12H2,1-2H3,(H,19,21). The van der Waals surface area contributed by atoms with Crippen LogP contribution in [0.3, 0.4) is 0 Å². The number of aliphatic hydroxyl groups excluding tert-OH is 1. The van der Waals surface area contributed by atoms with Gasteiger partial charge in [0.05, 0.1) is 20.1 Å². The third kappa shape index (κ3) is 4.09. The summed E-state index contributed by atoms with van der Waals surface area (Å²) in [6, 6.07) is 13.2. The highest BCUT2D eigenvalue weighted by atomic mass is 16.5. The number of anilines is 1. The maximum atomic E-state index is 12.1. The summed E-state index contributed by atoms with van der Waals surface area (Å²) in [4.78, 5) is 12.1. The third-order valence-corrected chi connectivity index (χ3v) is 3.50. The number of hydrogen-bond donors (Lipinski definition) is 2. The topological polar surface area (TPSA) is 58.6 Å². The van der Waals surface area contributed by atoms with Crippen LogP contribution < -0.4 is 10.1 Å². The molecule has 0 unspecified atom stereocenters. The molecular weight excluding hydrogens is 278 g/mol. The Morgan fingerprint density at radius 2 is 1.95 bits per heavy atom. The second kappa shape index (κ2) is 7.61. The number of hydrogen-bond acceptors (Lipinski definition) is 3. The monoisotopic (exact) mass is 299 g/mol. The van der Waals surface area contributed by atoms with Crippen molar-refractivity contribution in [3.05, 3.63) is 59.2 Å². The largest absolute Gasteiger partial charge is 0.496 e. The molecule has 0 spiro atoms. The number of aryl methyl sites for hydroxylation is 1. The second-order valence-corrected chi connectivity index (χ2v) is 5.08. The van der Waals surface area contributed by atoms with Crippen LogP contribution in [-0.4, -0.2) is 18.1 Å². The summed E-state index contributed by atoms with van der Waals surface area (Å²) in [5, 5.41) is 12.2. The lowest BCUT2D eigenvalue weighted by atomic mass is 10.1. The molecule has 0 bridgehead atoms. The fraction of sp³-hybridized carbons (Fsp3) is 0.278. The van der Waals surface area contributed by atoms with E-state index in [1.807, 2.05) is 18.2 Å². The van der Waals surface area contributed by atoms with E-state index in [9.17, 15) is 9.90 Å². The first-order valence-corrected chi connectivity index (χ1v) is 7.31. The summed E-state index contributed by atoms with van der Waals surface area (Å²) in [7, 11) is 1.55. The molecule has 2 N–H and O–H groups in total. The summed E-state index contributed by atoms with van der Waals surface area (Å²) in [5.74, 6) is 0.526. The van der Waals surface area contributed by atoms with Crippen molar-refractivity contribution in [2.75, 3.05) is 12.4 Å². The van der Waals surface area contributed by atoms with Crippen LogP contribution in [0.5, 0.6) is 5.75 Å². The number of rotatable bonds is 6. The lowest BCUT2D eigenvalue weighted by Gasteiger charge is -2.10. The first-order chi connectivity index (χ1) is 10.7. The number of benzene rings is 2. The summed E-state index contributed by atoms with van der Waals surface area (Å²) in [6.45, 7) is 1.96. The van der Waals surface area contributed by atoms with Gasteiger partial charge in [-0.05, 0) is 35.7 Å². The number of carbonyl (C=O) groups excluding carboxylic acids is 1. The van der Waals surface area contributed by atoms with Gasteiger partial charge in [-0.15, -0.1) is 0 Å². The predicted octanol–water partition coefficient (Wildman–Crippen LogP) is 2.93. The van der Waals surface area contributed by atoms with Crippen molar-refractivity contribution in [2.24, 2.45) is 0 Å². The highest BCUT2D eigenvalue weighted by Gasteiger charge is 2.08. The van der Waals surface area contributed by atoms with E-state index in [4.69, 9.17) is 4.74 Å². The van der Waals surface area contributed by atoms with E-state index in [1.165, 1.54) is 5.56 Å². The fourth-order valence-corrected chi connectivity index (χ4v) is 2.33. The first-order valence-electron chi connectivity index (χ1n) is 7.31. The molecular formula is C18H21NO3. The molecule has 4 heteroatoms. The first kappa shape index (κ1) is 16.0. The number of nitrogens with one attached hydrogen (secondary N) is 1. The van der Waals surface area contributed by atoms with E-state index < -0.39 is 0 Å². The highest BCUT2D eigenvalue weighted by Crippen LogP contribution is 2.22. The minimum absolute atomic E-state index is 0.0812. The van der Waals surface area contributed by atoms with Gasteiger partial charge in [0.25, 0.3) is 0 Å². The normalized spacial score (nSPS) is 10.3. The molecule has 0 aliphatic carbocycles. The molecule has 0 aliphatic rings. The predicted molar refractivity (Wildman–Crippen MR) is 87.1 cm³/mol. The Labute approximate surface area is 130 Å². The van der Waals surface area contributed by atoms with Gasteiger partial charge >= 0.3 is 0 Å². The van der Waals surface area contributed by atoms with Crippen molar-refractivity contribution < 1.29 is 14.6 Å². The van der Waals surface area contributed by atoms with Gasteiger partial charge in [0.15, 0.2) is 0 Å². The number of amides is 1. The van der Waals surface area contributed by atoms with Gasteiger partial charge in [-0.2, -0.15) is 0 Å². The molecule has 0 heterocycles. The number of ether oxygens (including phenoxy) is 1. The Hall–Kier alpha value is -2.33. The van der Waals surface area contributed by atoms with Gasteiger partial charge in [-0.25, -0.2) is 0 Å². The van der Waals surface area contributed by atoms with E-state index in [2.05, 4.69) is 18.3 Å². The van der Waals surface area contributed by atoms with Crippen LogP contribution in [0.2, 0.25) is 0 Å². The average Bonchev–Trinajstić information content (AvgIpc) is 2.54. The molecule has 0 radical (unpaired) electrons. The molecule has 0 atom stereocenters. The van der Waals surface area contributed by atoms with Crippen molar-refractivity contribution in [1.82, 2.24) is 0 Å². The Bertz CT molecular complexity index is 653. The zero-order valence-corrected chi connectivity index (χ0v) is 12.9. The molecule has 0 saturated heterocycles. The van der Waals surface area contributed by atoms with Crippen LogP contribution in [0.15, 0.2) is 42.5 Å². The van der Waals surface area contributed by atoms with Crippen LogP contribution in [0.4, 0.5) is 5.69 Å². The summed E-state index contributed by atoms with van der Waals surface area (Å²) in [5.41, 5.74) is 3.51. The van der Waals surface area contributed by atoms with Crippen molar-refractivity contribution in [3.8, 4) is 5.75 Å². The fourth-order valence-electron chi connectivity index (χ4n) is 2.33. The van der Waals surface area contributed by atoms with E-state index in [1.54, 1.807) is 25.3 Å². The van der Waals surface area contributed by atoms with Crippen LogP contribution in [0.1, 0.15) is 23.6 Å². The Morgan fingerprint density at radius 1 is 1.18 bits per heavy atom. The lowest BCUT2D eigenvalue weighted by molar-refractivity contribution is -0.115. The molecule has 0 saturated carbocycles. The maximum Gasteiger partial charge on any atom is 0.228 e. The Morgan fingerprint density at radius 3 is 2.64 bits per heavy atom. The number of carbonyl (C=O) groups is 1. The maximum absolute atomic E-state index is 12.1. The smallest absolute Gasteiger partial charge is 0.228 e. The minimum Gasteiger partial charge on any atom is -0.496 e. The molecule has 0 aromatic heterocycles. The summed E-state index contributed by atoms with van der Waals surface area (Å²) in [6.07, 6.45) is 1.28. The molecule has 2 rings (SSSR count).